The average molecular weight is 259 g/mol. The van der Waals surface area contributed by atoms with Crippen molar-refractivity contribution in [3.8, 4) is 5.75 Å². The molecule has 0 saturated carbocycles. The van der Waals surface area contributed by atoms with Gasteiger partial charge in [0.25, 0.3) is 5.56 Å². The van der Waals surface area contributed by atoms with E-state index >= 15 is 0 Å². The summed E-state index contributed by atoms with van der Waals surface area (Å²) in [7, 11) is 0. The lowest BCUT2D eigenvalue weighted by atomic mass is 10.3. The minimum Gasteiger partial charge on any atom is -0.494 e. The molecule has 5 nitrogen and oxygen atoms in total. The molecule has 5 heteroatoms. The predicted octanol–water partition coefficient (Wildman–Crippen LogP) is 1.60. The van der Waals surface area contributed by atoms with Crippen LogP contribution < -0.4 is 16.0 Å². The molecule has 0 spiro atoms. The molecule has 0 unspecified atom stereocenters. The monoisotopic (exact) mass is 259 g/mol. The SMILES string of the molecule is Cc1ccc(=O)n(CCCOc2ccc(N)cc2)n1. The van der Waals surface area contributed by atoms with Gasteiger partial charge in [0, 0.05) is 24.7 Å². The summed E-state index contributed by atoms with van der Waals surface area (Å²) >= 11 is 0. The summed E-state index contributed by atoms with van der Waals surface area (Å²) in [6, 6.07) is 10.5. The van der Waals surface area contributed by atoms with Crippen molar-refractivity contribution >= 4 is 5.69 Å². The smallest absolute Gasteiger partial charge is 0.266 e. The van der Waals surface area contributed by atoms with Crippen molar-refractivity contribution in [3.63, 3.8) is 0 Å². The second-order valence-electron chi connectivity index (χ2n) is 4.31. The third-order valence-corrected chi connectivity index (χ3v) is 2.66. The minimum atomic E-state index is -0.0851. The maximum atomic E-state index is 11.5. The molecular weight excluding hydrogens is 242 g/mol. The molecule has 0 fully saturated rings. The lowest BCUT2D eigenvalue weighted by Gasteiger charge is -2.07. The van der Waals surface area contributed by atoms with Gasteiger partial charge in [-0.1, -0.05) is 0 Å². The molecular formula is C14H17N3O2. The van der Waals surface area contributed by atoms with Gasteiger partial charge in [0.1, 0.15) is 5.75 Å². The lowest BCUT2D eigenvalue weighted by molar-refractivity contribution is 0.297. The third kappa shape index (κ3) is 3.84. The van der Waals surface area contributed by atoms with Gasteiger partial charge in [-0.05, 0) is 37.3 Å². The summed E-state index contributed by atoms with van der Waals surface area (Å²) in [4.78, 5) is 11.5. The first kappa shape index (κ1) is 13.1. The van der Waals surface area contributed by atoms with E-state index in [1.807, 2.05) is 19.1 Å². The highest BCUT2D eigenvalue weighted by Gasteiger charge is 1.98. The normalized spacial score (nSPS) is 10.4. The number of anilines is 1. The van der Waals surface area contributed by atoms with Gasteiger partial charge < -0.3 is 10.5 Å². The van der Waals surface area contributed by atoms with Crippen LogP contribution in [0.3, 0.4) is 0 Å². The number of rotatable bonds is 5. The maximum absolute atomic E-state index is 11.5. The van der Waals surface area contributed by atoms with Gasteiger partial charge in [0.05, 0.1) is 12.3 Å². The van der Waals surface area contributed by atoms with Gasteiger partial charge >= 0.3 is 0 Å². The Bertz CT molecular complexity index is 590. The number of aromatic nitrogens is 2. The summed E-state index contributed by atoms with van der Waals surface area (Å²) in [6.07, 6.45) is 0.723. The van der Waals surface area contributed by atoms with Crippen molar-refractivity contribution in [3.05, 3.63) is 52.4 Å². The van der Waals surface area contributed by atoms with Crippen LogP contribution in [0.1, 0.15) is 12.1 Å². The minimum absolute atomic E-state index is 0.0851. The largest absolute Gasteiger partial charge is 0.494 e. The van der Waals surface area contributed by atoms with Crippen molar-refractivity contribution < 1.29 is 4.74 Å². The molecule has 0 bridgehead atoms. The molecule has 0 aliphatic heterocycles. The molecule has 0 aliphatic carbocycles. The van der Waals surface area contributed by atoms with Crippen molar-refractivity contribution in [1.82, 2.24) is 9.78 Å². The Hall–Kier alpha value is -2.30. The van der Waals surface area contributed by atoms with Crippen LogP contribution in [0.25, 0.3) is 0 Å². The molecule has 0 saturated heterocycles. The van der Waals surface area contributed by atoms with Crippen molar-refractivity contribution in [2.24, 2.45) is 0 Å². The highest BCUT2D eigenvalue weighted by molar-refractivity contribution is 5.41. The quantitative estimate of drug-likeness (QED) is 0.654. The topological polar surface area (TPSA) is 70.1 Å². The Balaban J connectivity index is 1.82. The van der Waals surface area contributed by atoms with Crippen LogP contribution in [0.2, 0.25) is 0 Å². The van der Waals surface area contributed by atoms with E-state index in [4.69, 9.17) is 10.5 Å². The Kier molecular flexibility index (Phi) is 4.18. The molecule has 2 N–H and O–H groups in total. The molecule has 19 heavy (non-hydrogen) atoms. The maximum Gasteiger partial charge on any atom is 0.266 e. The molecule has 1 aromatic heterocycles. The second kappa shape index (κ2) is 6.04. The summed E-state index contributed by atoms with van der Waals surface area (Å²) in [5, 5.41) is 4.16. The first-order valence-electron chi connectivity index (χ1n) is 6.18. The standard InChI is InChI=1S/C14H17N3O2/c1-11-3-8-14(18)17(16-11)9-2-10-19-13-6-4-12(15)5-7-13/h3-8H,2,9-10,15H2,1H3. The number of nitrogens with zero attached hydrogens (tertiary/aromatic N) is 2. The van der Waals surface area contributed by atoms with Crippen molar-refractivity contribution in [1.29, 1.82) is 0 Å². The van der Waals surface area contributed by atoms with Gasteiger partial charge in [-0.15, -0.1) is 0 Å². The van der Waals surface area contributed by atoms with E-state index in [1.54, 1.807) is 18.2 Å². The zero-order chi connectivity index (χ0) is 13.7. The Labute approximate surface area is 111 Å². The third-order valence-electron chi connectivity index (χ3n) is 2.66. The summed E-state index contributed by atoms with van der Waals surface area (Å²) < 4.78 is 7.01. The zero-order valence-corrected chi connectivity index (χ0v) is 10.9. The number of nitrogen functional groups attached to an aromatic ring is 1. The van der Waals surface area contributed by atoms with Crippen LogP contribution in [0, 0.1) is 6.92 Å². The molecule has 0 radical (unpaired) electrons. The van der Waals surface area contributed by atoms with E-state index in [0.29, 0.717) is 18.8 Å². The first-order valence-corrected chi connectivity index (χ1v) is 6.18. The summed E-state index contributed by atoms with van der Waals surface area (Å²) in [5.41, 5.74) is 7.04. The van der Waals surface area contributed by atoms with Crippen molar-refractivity contribution in [2.75, 3.05) is 12.3 Å². The van der Waals surface area contributed by atoms with E-state index < -0.39 is 0 Å². The molecule has 1 heterocycles. The molecule has 1 aromatic carbocycles. The van der Waals surface area contributed by atoms with Gasteiger partial charge in [-0.2, -0.15) is 5.10 Å². The summed E-state index contributed by atoms with van der Waals surface area (Å²) in [5.74, 6) is 0.777. The number of hydrogen-bond acceptors (Lipinski definition) is 4. The van der Waals surface area contributed by atoms with Crippen molar-refractivity contribution in [2.45, 2.75) is 19.9 Å². The Morgan fingerprint density at radius 2 is 1.95 bits per heavy atom. The number of hydrogen-bond donors (Lipinski definition) is 1. The van der Waals surface area contributed by atoms with Crippen LogP contribution in [0.4, 0.5) is 5.69 Å². The van der Waals surface area contributed by atoms with E-state index in [1.165, 1.54) is 10.7 Å². The van der Waals surface area contributed by atoms with Crippen LogP contribution in [-0.4, -0.2) is 16.4 Å². The van der Waals surface area contributed by atoms with E-state index in [2.05, 4.69) is 5.10 Å². The van der Waals surface area contributed by atoms with E-state index in [9.17, 15) is 4.79 Å². The molecule has 0 atom stereocenters. The first-order chi connectivity index (χ1) is 9.15. The van der Waals surface area contributed by atoms with Gasteiger partial charge in [0.2, 0.25) is 0 Å². The number of benzene rings is 1. The second-order valence-corrected chi connectivity index (χ2v) is 4.31. The highest BCUT2D eigenvalue weighted by atomic mass is 16.5. The predicted molar refractivity (Wildman–Crippen MR) is 74.2 cm³/mol. The fraction of sp³-hybridized carbons (Fsp3) is 0.286. The van der Waals surface area contributed by atoms with Gasteiger partial charge in [-0.25, -0.2) is 4.68 Å². The van der Waals surface area contributed by atoms with Gasteiger partial charge in [-0.3, -0.25) is 4.79 Å². The fourth-order valence-corrected chi connectivity index (χ4v) is 1.68. The van der Waals surface area contributed by atoms with Crippen LogP contribution >= 0.6 is 0 Å². The molecule has 2 rings (SSSR count). The Morgan fingerprint density at radius 1 is 1.21 bits per heavy atom. The number of ether oxygens (including phenoxy) is 1. The lowest BCUT2D eigenvalue weighted by Crippen LogP contribution is -2.23. The Morgan fingerprint density at radius 3 is 2.68 bits per heavy atom. The molecule has 0 aliphatic rings. The van der Waals surface area contributed by atoms with Gasteiger partial charge in [0.15, 0.2) is 0 Å². The molecule has 100 valence electrons. The van der Waals surface area contributed by atoms with E-state index in [-0.39, 0.29) is 5.56 Å². The zero-order valence-electron chi connectivity index (χ0n) is 10.9. The highest BCUT2D eigenvalue weighted by Crippen LogP contribution is 2.13. The fourth-order valence-electron chi connectivity index (χ4n) is 1.68. The average Bonchev–Trinajstić information content (AvgIpc) is 2.40. The molecule has 2 aromatic rings. The van der Waals surface area contributed by atoms with E-state index in [0.717, 1.165) is 17.9 Å². The number of aryl methyl sites for hydroxylation is 2. The van der Waals surface area contributed by atoms with Crippen LogP contribution in [-0.2, 0) is 6.54 Å². The molecule has 0 amide bonds. The number of nitrogens with two attached hydrogens (primary N) is 1. The van der Waals surface area contributed by atoms with Crippen LogP contribution in [0.15, 0.2) is 41.2 Å². The van der Waals surface area contributed by atoms with Crippen LogP contribution in [0.5, 0.6) is 5.75 Å². The summed E-state index contributed by atoms with van der Waals surface area (Å²) in [6.45, 7) is 2.95.